The van der Waals surface area contributed by atoms with Gasteiger partial charge in [0.2, 0.25) is 0 Å². The first-order valence-corrected chi connectivity index (χ1v) is 9.56. The first-order chi connectivity index (χ1) is 13.7. The highest BCUT2D eigenvalue weighted by Gasteiger charge is 2.16. The topological polar surface area (TPSA) is 74.8 Å². The van der Waals surface area contributed by atoms with Crippen LogP contribution in [-0.4, -0.2) is 15.8 Å². The van der Waals surface area contributed by atoms with Crippen molar-refractivity contribution in [2.45, 2.75) is 33.1 Å². The number of nitrogens with one attached hydrogen (secondary N) is 2. The molecule has 29 heavy (non-hydrogen) atoms. The van der Waals surface area contributed by atoms with Gasteiger partial charge in [0.1, 0.15) is 11.6 Å². The van der Waals surface area contributed by atoms with Crippen molar-refractivity contribution in [2.24, 2.45) is 0 Å². The maximum absolute atomic E-state index is 14.4. The molecule has 150 valence electrons. The van der Waals surface area contributed by atoms with Crippen molar-refractivity contribution in [3.05, 3.63) is 75.2 Å². The second-order valence-corrected chi connectivity index (χ2v) is 7.59. The minimum Gasteiger partial charge on any atom is -0.354 e. The molecule has 0 saturated heterocycles. The van der Waals surface area contributed by atoms with Crippen LogP contribution in [0.2, 0.25) is 5.02 Å². The molecule has 0 spiro atoms. The lowest BCUT2D eigenvalue weighted by Crippen LogP contribution is -2.15. The Morgan fingerprint density at radius 2 is 1.97 bits per heavy atom. The standard InChI is InChI=1S/C22H21ClFN3O2/c1-12(2)21-20(26-15-6-7-25-16(10-15)8-13(3)28)11-18(22(29)27-21)17-9-14(23)4-5-19(17)24/h4-7,9-12H,8H2,1-3H3,(H,25,26)(H,27,29). The molecule has 5 nitrogen and oxygen atoms in total. The molecule has 1 aromatic carbocycles. The van der Waals surface area contributed by atoms with Crippen LogP contribution in [0.4, 0.5) is 15.8 Å². The zero-order valence-corrected chi connectivity index (χ0v) is 17.1. The van der Waals surface area contributed by atoms with E-state index in [1.54, 1.807) is 24.4 Å². The highest BCUT2D eigenvalue weighted by Crippen LogP contribution is 2.30. The summed E-state index contributed by atoms with van der Waals surface area (Å²) in [6.45, 7) is 5.40. The minimum absolute atomic E-state index is 0.0141. The van der Waals surface area contributed by atoms with E-state index in [1.165, 1.54) is 25.1 Å². The van der Waals surface area contributed by atoms with Crippen molar-refractivity contribution in [2.75, 3.05) is 5.32 Å². The van der Waals surface area contributed by atoms with Gasteiger partial charge in [-0.15, -0.1) is 0 Å². The molecule has 2 heterocycles. The monoisotopic (exact) mass is 413 g/mol. The molecular formula is C22H21ClFN3O2. The Bertz CT molecular complexity index is 1130. The Morgan fingerprint density at radius 1 is 1.21 bits per heavy atom. The van der Waals surface area contributed by atoms with Gasteiger partial charge in [-0.05, 0) is 49.2 Å². The number of benzene rings is 1. The molecule has 0 bridgehead atoms. The van der Waals surface area contributed by atoms with E-state index in [2.05, 4.69) is 15.3 Å². The third-order valence-corrected chi connectivity index (χ3v) is 4.63. The molecule has 2 aromatic heterocycles. The van der Waals surface area contributed by atoms with E-state index in [1.807, 2.05) is 13.8 Å². The Balaban J connectivity index is 2.09. The number of rotatable bonds is 6. The molecule has 0 aliphatic heterocycles. The van der Waals surface area contributed by atoms with E-state index >= 15 is 0 Å². The molecule has 0 atom stereocenters. The molecule has 0 radical (unpaired) electrons. The first kappa shape index (κ1) is 20.7. The van der Waals surface area contributed by atoms with Gasteiger partial charge >= 0.3 is 0 Å². The smallest absolute Gasteiger partial charge is 0.256 e. The summed E-state index contributed by atoms with van der Waals surface area (Å²) in [5.41, 5.74) is 2.58. The number of carbonyl (C=O) groups excluding carboxylic acids is 1. The quantitative estimate of drug-likeness (QED) is 0.580. The SMILES string of the molecule is CC(=O)Cc1cc(Nc2cc(-c3cc(Cl)ccc3F)c(=O)[nH]c2C(C)C)ccn1. The number of hydrogen-bond donors (Lipinski definition) is 2. The number of nitrogens with zero attached hydrogens (tertiary/aromatic N) is 1. The van der Waals surface area contributed by atoms with Crippen molar-refractivity contribution in [3.8, 4) is 11.1 Å². The highest BCUT2D eigenvalue weighted by molar-refractivity contribution is 6.30. The van der Waals surface area contributed by atoms with Crippen LogP contribution in [0.3, 0.4) is 0 Å². The lowest BCUT2D eigenvalue weighted by molar-refractivity contribution is -0.116. The lowest BCUT2D eigenvalue weighted by Gasteiger charge is -2.17. The van der Waals surface area contributed by atoms with Crippen LogP contribution in [0.25, 0.3) is 11.1 Å². The van der Waals surface area contributed by atoms with Crippen molar-refractivity contribution in [1.29, 1.82) is 0 Å². The van der Waals surface area contributed by atoms with Crippen LogP contribution < -0.4 is 10.9 Å². The predicted molar refractivity (Wildman–Crippen MR) is 113 cm³/mol. The average Bonchev–Trinajstić information content (AvgIpc) is 2.64. The summed E-state index contributed by atoms with van der Waals surface area (Å²) in [6.07, 6.45) is 1.84. The zero-order valence-electron chi connectivity index (χ0n) is 16.3. The van der Waals surface area contributed by atoms with Gasteiger partial charge in [-0.1, -0.05) is 25.4 Å². The summed E-state index contributed by atoms with van der Waals surface area (Å²) in [5, 5.41) is 3.60. The third-order valence-electron chi connectivity index (χ3n) is 4.39. The molecule has 7 heteroatoms. The highest BCUT2D eigenvalue weighted by atomic mass is 35.5. The Hall–Kier alpha value is -2.99. The summed E-state index contributed by atoms with van der Waals surface area (Å²) in [5.74, 6) is -0.502. The summed E-state index contributed by atoms with van der Waals surface area (Å²) < 4.78 is 14.4. The maximum Gasteiger partial charge on any atom is 0.256 e. The molecule has 2 N–H and O–H groups in total. The zero-order chi connectivity index (χ0) is 21.1. The summed E-state index contributed by atoms with van der Waals surface area (Å²) in [4.78, 5) is 31.1. The number of ketones is 1. The van der Waals surface area contributed by atoms with Crippen molar-refractivity contribution >= 4 is 28.8 Å². The number of H-pyrrole nitrogens is 1. The van der Waals surface area contributed by atoms with E-state index in [0.717, 1.165) is 0 Å². The molecule has 0 unspecified atom stereocenters. The Kier molecular flexibility index (Phi) is 6.13. The van der Waals surface area contributed by atoms with Gasteiger partial charge in [0.25, 0.3) is 5.56 Å². The largest absolute Gasteiger partial charge is 0.354 e. The van der Waals surface area contributed by atoms with Crippen LogP contribution in [-0.2, 0) is 11.2 Å². The van der Waals surface area contributed by atoms with E-state index in [-0.39, 0.29) is 29.2 Å². The third kappa shape index (κ3) is 4.90. The van der Waals surface area contributed by atoms with Gasteiger partial charge < -0.3 is 10.3 Å². The summed E-state index contributed by atoms with van der Waals surface area (Å²) in [7, 11) is 0. The van der Waals surface area contributed by atoms with E-state index < -0.39 is 11.4 Å². The first-order valence-electron chi connectivity index (χ1n) is 9.18. The summed E-state index contributed by atoms with van der Waals surface area (Å²) in [6, 6.07) is 9.25. The number of carbonyl (C=O) groups is 1. The molecular weight excluding hydrogens is 393 g/mol. The Morgan fingerprint density at radius 3 is 2.66 bits per heavy atom. The van der Waals surface area contributed by atoms with E-state index in [4.69, 9.17) is 11.6 Å². The predicted octanol–water partition coefficient (Wildman–Crippen LogP) is 5.23. The molecule has 0 fully saturated rings. The molecule has 0 saturated carbocycles. The van der Waals surface area contributed by atoms with Gasteiger partial charge in [0, 0.05) is 40.3 Å². The van der Waals surface area contributed by atoms with Gasteiger partial charge in [-0.25, -0.2) is 4.39 Å². The molecule has 3 rings (SSSR count). The fraction of sp³-hybridized carbons (Fsp3) is 0.227. The van der Waals surface area contributed by atoms with Crippen molar-refractivity contribution in [1.82, 2.24) is 9.97 Å². The second-order valence-electron chi connectivity index (χ2n) is 7.16. The van der Waals surface area contributed by atoms with Crippen molar-refractivity contribution < 1.29 is 9.18 Å². The van der Waals surface area contributed by atoms with Crippen LogP contribution >= 0.6 is 11.6 Å². The van der Waals surface area contributed by atoms with Crippen molar-refractivity contribution in [3.63, 3.8) is 0 Å². The number of pyridine rings is 2. The van der Waals surface area contributed by atoms with Gasteiger partial charge in [-0.3, -0.25) is 14.6 Å². The normalized spacial score (nSPS) is 11.0. The molecule has 3 aromatic rings. The number of Topliss-reactive ketones (excluding diaryl/α,β-unsaturated/α-hetero) is 1. The number of aromatic nitrogens is 2. The number of aromatic amines is 1. The van der Waals surface area contributed by atoms with Crippen LogP contribution in [0.5, 0.6) is 0 Å². The fourth-order valence-electron chi connectivity index (χ4n) is 3.07. The second kappa shape index (κ2) is 8.57. The maximum atomic E-state index is 14.4. The van der Waals surface area contributed by atoms with Crippen LogP contribution in [0.15, 0.2) is 47.4 Å². The van der Waals surface area contributed by atoms with Crippen LogP contribution in [0.1, 0.15) is 38.1 Å². The fourth-order valence-corrected chi connectivity index (χ4v) is 3.24. The molecule has 0 aliphatic rings. The Labute approximate surface area is 173 Å². The van der Waals surface area contributed by atoms with Gasteiger partial charge in [0.05, 0.1) is 11.3 Å². The number of halogens is 2. The summed E-state index contributed by atoms with van der Waals surface area (Å²) >= 11 is 6.00. The van der Waals surface area contributed by atoms with Gasteiger partial charge in [-0.2, -0.15) is 0 Å². The van der Waals surface area contributed by atoms with E-state index in [9.17, 15) is 14.0 Å². The van der Waals surface area contributed by atoms with Gasteiger partial charge in [0.15, 0.2) is 0 Å². The van der Waals surface area contributed by atoms with E-state index in [0.29, 0.717) is 27.8 Å². The lowest BCUT2D eigenvalue weighted by atomic mass is 10.0. The number of hydrogen-bond acceptors (Lipinski definition) is 4. The van der Waals surface area contributed by atoms with Crippen LogP contribution in [0, 0.1) is 5.82 Å². The molecule has 0 aliphatic carbocycles. The number of anilines is 2. The average molecular weight is 414 g/mol. The minimum atomic E-state index is -0.532. The molecule has 0 amide bonds.